The van der Waals surface area contributed by atoms with Crippen LogP contribution < -0.4 is 10.6 Å². The molecule has 0 heterocycles. The second kappa shape index (κ2) is 7.00. The highest BCUT2D eigenvalue weighted by Crippen LogP contribution is 2.29. The Morgan fingerprint density at radius 3 is 2.62 bits per heavy atom. The summed E-state index contributed by atoms with van der Waals surface area (Å²) in [5.41, 5.74) is 0.906. The van der Waals surface area contributed by atoms with E-state index in [0.717, 1.165) is 25.2 Å². The first-order valence-electron chi connectivity index (χ1n) is 5.51. The molecule has 0 amide bonds. The molecular formula is C12H18Cl2N2. The van der Waals surface area contributed by atoms with E-state index in [4.69, 9.17) is 23.2 Å². The lowest BCUT2D eigenvalue weighted by Crippen LogP contribution is -2.24. The highest BCUT2D eigenvalue weighted by Gasteiger charge is 2.07. The van der Waals surface area contributed by atoms with Crippen LogP contribution in [0.3, 0.4) is 0 Å². The number of rotatable bonds is 6. The van der Waals surface area contributed by atoms with Crippen LogP contribution in [-0.2, 0) is 0 Å². The topological polar surface area (TPSA) is 24.1 Å². The van der Waals surface area contributed by atoms with Gasteiger partial charge in [0.25, 0.3) is 0 Å². The summed E-state index contributed by atoms with van der Waals surface area (Å²) in [6, 6.07) is 5.63. The summed E-state index contributed by atoms with van der Waals surface area (Å²) in [4.78, 5) is 0. The Balaban J connectivity index is 2.56. The SMILES string of the molecule is CCC(CNC)CNc1cccc(Cl)c1Cl. The van der Waals surface area contributed by atoms with Gasteiger partial charge < -0.3 is 10.6 Å². The fourth-order valence-electron chi connectivity index (χ4n) is 1.54. The average Bonchev–Trinajstić information content (AvgIpc) is 2.29. The third-order valence-electron chi connectivity index (χ3n) is 2.60. The molecule has 1 unspecified atom stereocenters. The van der Waals surface area contributed by atoms with Crippen LogP contribution >= 0.6 is 23.2 Å². The summed E-state index contributed by atoms with van der Waals surface area (Å²) in [5, 5.41) is 7.71. The maximum atomic E-state index is 6.09. The van der Waals surface area contributed by atoms with Gasteiger partial charge in [0.2, 0.25) is 0 Å². The van der Waals surface area contributed by atoms with E-state index in [1.54, 1.807) is 6.07 Å². The Morgan fingerprint density at radius 2 is 2.00 bits per heavy atom. The van der Waals surface area contributed by atoms with Gasteiger partial charge in [0.05, 0.1) is 15.7 Å². The predicted octanol–water partition coefficient (Wildman–Crippen LogP) is 3.65. The van der Waals surface area contributed by atoms with Crippen molar-refractivity contribution in [3.05, 3.63) is 28.2 Å². The molecule has 0 saturated heterocycles. The molecule has 1 aromatic rings. The van der Waals surface area contributed by atoms with Crippen molar-refractivity contribution in [3.63, 3.8) is 0 Å². The number of benzene rings is 1. The average molecular weight is 261 g/mol. The first-order valence-corrected chi connectivity index (χ1v) is 6.27. The molecular weight excluding hydrogens is 243 g/mol. The van der Waals surface area contributed by atoms with E-state index in [-0.39, 0.29) is 0 Å². The second-order valence-corrected chi connectivity index (χ2v) is 4.60. The summed E-state index contributed by atoms with van der Waals surface area (Å²) in [7, 11) is 1.97. The van der Waals surface area contributed by atoms with Gasteiger partial charge in [-0.05, 0) is 31.6 Å². The molecule has 0 radical (unpaired) electrons. The second-order valence-electron chi connectivity index (χ2n) is 3.81. The van der Waals surface area contributed by atoms with Gasteiger partial charge in [0.1, 0.15) is 0 Å². The Hall–Kier alpha value is -0.440. The van der Waals surface area contributed by atoms with Crippen molar-refractivity contribution >= 4 is 28.9 Å². The molecule has 1 atom stereocenters. The quantitative estimate of drug-likeness (QED) is 0.816. The van der Waals surface area contributed by atoms with Crippen LogP contribution in [0.1, 0.15) is 13.3 Å². The van der Waals surface area contributed by atoms with Gasteiger partial charge in [-0.25, -0.2) is 0 Å². The fourth-order valence-corrected chi connectivity index (χ4v) is 1.91. The number of halogens is 2. The van der Waals surface area contributed by atoms with E-state index in [1.807, 2.05) is 19.2 Å². The Morgan fingerprint density at radius 1 is 1.25 bits per heavy atom. The van der Waals surface area contributed by atoms with Gasteiger partial charge in [-0.1, -0.05) is 42.6 Å². The summed E-state index contributed by atoms with van der Waals surface area (Å²) in [5.74, 6) is 0.597. The molecule has 0 saturated carbocycles. The van der Waals surface area contributed by atoms with E-state index < -0.39 is 0 Å². The molecule has 16 heavy (non-hydrogen) atoms. The standard InChI is InChI=1S/C12H18Cl2N2/c1-3-9(7-15-2)8-16-11-6-4-5-10(13)12(11)14/h4-6,9,15-16H,3,7-8H2,1-2H3. The zero-order valence-electron chi connectivity index (χ0n) is 9.69. The van der Waals surface area contributed by atoms with Gasteiger partial charge in [-0.3, -0.25) is 0 Å². The third-order valence-corrected chi connectivity index (χ3v) is 3.42. The Bertz CT molecular complexity index is 329. The van der Waals surface area contributed by atoms with Crippen molar-refractivity contribution in [2.45, 2.75) is 13.3 Å². The largest absolute Gasteiger partial charge is 0.383 e. The van der Waals surface area contributed by atoms with E-state index in [0.29, 0.717) is 16.0 Å². The van der Waals surface area contributed by atoms with E-state index >= 15 is 0 Å². The molecule has 0 fully saturated rings. The highest BCUT2D eigenvalue weighted by atomic mass is 35.5. The summed E-state index contributed by atoms with van der Waals surface area (Å²) < 4.78 is 0. The van der Waals surface area contributed by atoms with Crippen molar-refractivity contribution in [3.8, 4) is 0 Å². The molecule has 1 rings (SSSR count). The number of hydrogen-bond acceptors (Lipinski definition) is 2. The zero-order valence-corrected chi connectivity index (χ0v) is 11.2. The molecule has 0 aromatic heterocycles. The molecule has 0 spiro atoms. The smallest absolute Gasteiger partial charge is 0.0823 e. The molecule has 1 aromatic carbocycles. The van der Waals surface area contributed by atoms with E-state index in [9.17, 15) is 0 Å². The summed E-state index contributed by atoms with van der Waals surface area (Å²) >= 11 is 12.0. The minimum absolute atomic E-state index is 0.591. The van der Waals surface area contributed by atoms with Gasteiger partial charge in [-0.2, -0.15) is 0 Å². The van der Waals surface area contributed by atoms with Crippen molar-refractivity contribution in [2.75, 3.05) is 25.5 Å². The predicted molar refractivity (Wildman–Crippen MR) is 72.7 cm³/mol. The van der Waals surface area contributed by atoms with E-state index in [1.165, 1.54) is 0 Å². The molecule has 0 bridgehead atoms. The lowest BCUT2D eigenvalue weighted by Gasteiger charge is -2.16. The maximum absolute atomic E-state index is 6.09. The Labute approximate surface area is 107 Å². The monoisotopic (exact) mass is 260 g/mol. The number of nitrogens with one attached hydrogen (secondary N) is 2. The number of hydrogen-bond donors (Lipinski definition) is 2. The van der Waals surface area contributed by atoms with Gasteiger partial charge in [0.15, 0.2) is 0 Å². The minimum atomic E-state index is 0.591. The van der Waals surface area contributed by atoms with Crippen molar-refractivity contribution < 1.29 is 0 Å². The molecule has 0 aliphatic heterocycles. The molecule has 0 aliphatic carbocycles. The van der Waals surface area contributed by atoms with Gasteiger partial charge >= 0.3 is 0 Å². The molecule has 2 N–H and O–H groups in total. The number of anilines is 1. The van der Waals surface area contributed by atoms with E-state index in [2.05, 4.69) is 17.6 Å². The van der Waals surface area contributed by atoms with Crippen molar-refractivity contribution in [1.29, 1.82) is 0 Å². The van der Waals surface area contributed by atoms with Crippen molar-refractivity contribution in [1.82, 2.24) is 5.32 Å². The third kappa shape index (κ3) is 3.85. The molecule has 4 heteroatoms. The van der Waals surface area contributed by atoms with Crippen LogP contribution in [0.15, 0.2) is 18.2 Å². The Kier molecular flexibility index (Phi) is 5.96. The maximum Gasteiger partial charge on any atom is 0.0823 e. The zero-order chi connectivity index (χ0) is 12.0. The van der Waals surface area contributed by atoms with Crippen LogP contribution in [0, 0.1) is 5.92 Å². The summed E-state index contributed by atoms with van der Waals surface area (Å²) in [6.45, 7) is 4.09. The minimum Gasteiger partial charge on any atom is -0.383 e. The first-order chi connectivity index (χ1) is 7.69. The lowest BCUT2D eigenvalue weighted by atomic mass is 10.1. The first kappa shape index (κ1) is 13.6. The van der Waals surface area contributed by atoms with Gasteiger partial charge in [-0.15, -0.1) is 0 Å². The summed E-state index contributed by atoms with van der Waals surface area (Å²) in [6.07, 6.45) is 1.13. The highest BCUT2D eigenvalue weighted by molar-refractivity contribution is 6.43. The van der Waals surface area contributed by atoms with Crippen molar-refractivity contribution in [2.24, 2.45) is 5.92 Å². The molecule has 90 valence electrons. The van der Waals surface area contributed by atoms with Gasteiger partial charge in [0, 0.05) is 6.54 Å². The fraction of sp³-hybridized carbons (Fsp3) is 0.500. The lowest BCUT2D eigenvalue weighted by molar-refractivity contribution is 0.507. The van der Waals surface area contributed by atoms with Crippen LogP contribution in [0.4, 0.5) is 5.69 Å². The van der Waals surface area contributed by atoms with Crippen LogP contribution in [0.25, 0.3) is 0 Å². The van der Waals surface area contributed by atoms with Crippen LogP contribution in [0.5, 0.6) is 0 Å². The van der Waals surface area contributed by atoms with Crippen LogP contribution in [-0.4, -0.2) is 20.1 Å². The molecule has 2 nitrogen and oxygen atoms in total. The molecule has 0 aliphatic rings. The van der Waals surface area contributed by atoms with Crippen LogP contribution in [0.2, 0.25) is 10.0 Å². The normalized spacial score (nSPS) is 12.5.